The molecule has 2 nitrogen and oxygen atoms in total. The molecule has 0 aromatic heterocycles. The Morgan fingerprint density at radius 2 is 1.85 bits per heavy atom. The summed E-state index contributed by atoms with van der Waals surface area (Å²) in [4.78, 5) is 0. The number of ether oxygens (including phenoxy) is 1. The molecule has 0 unspecified atom stereocenters. The highest BCUT2D eigenvalue weighted by molar-refractivity contribution is 6.35. The number of hydrogen-bond acceptors (Lipinski definition) is 2. The average Bonchev–Trinajstić information content (AvgIpc) is 2.43. The van der Waals surface area contributed by atoms with Crippen LogP contribution in [0.4, 0.5) is 0 Å². The van der Waals surface area contributed by atoms with Crippen molar-refractivity contribution in [3.63, 3.8) is 0 Å². The predicted octanol–water partition coefficient (Wildman–Crippen LogP) is 4.33. The lowest BCUT2D eigenvalue weighted by molar-refractivity contribution is 0.318. The summed E-state index contributed by atoms with van der Waals surface area (Å²) in [6, 6.07) is 13.8. The van der Waals surface area contributed by atoms with Gasteiger partial charge in [-0.15, -0.1) is 0 Å². The van der Waals surface area contributed by atoms with E-state index in [2.05, 4.69) is 17.4 Å². The van der Waals surface area contributed by atoms with Crippen molar-refractivity contribution in [3.05, 3.63) is 63.6 Å². The van der Waals surface area contributed by atoms with Crippen molar-refractivity contribution < 1.29 is 4.74 Å². The van der Waals surface area contributed by atoms with E-state index in [1.165, 1.54) is 5.56 Å². The summed E-state index contributed by atoms with van der Waals surface area (Å²) in [5.74, 6) is 0.710. The highest BCUT2D eigenvalue weighted by Gasteiger charge is 2.10. The van der Waals surface area contributed by atoms with Crippen LogP contribution in [0.3, 0.4) is 0 Å². The lowest BCUT2D eigenvalue weighted by atomic mass is 10.1. The van der Waals surface area contributed by atoms with Crippen molar-refractivity contribution >= 4 is 23.2 Å². The van der Waals surface area contributed by atoms with Gasteiger partial charge in [0.15, 0.2) is 0 Å². The summed E-state index contributed by atoms with van der Waals surface area (Å²) in [5.41, 5.74) is 2.21. The molecule has 2 aromatic rings. The minimum absolute atomic E-state index is 0.552. The number of halogens is 2. The first-order valence-corrected chi connectivity index (χ1v) is 7.25. The van der Waals surface area contributed by atoms with Gasteiger partial charge in [-0.1, -0.05) is 53.5 Å². The Bertz CT molecular complexity index is 558. The minimum Gasteiger partial charge on any atom is -0.491 e. The topological polar surface area (TPSA) is 21.3 Å². The van der Waals surface area contributed by atoms with Crippen molar-refractivity contribution in [3.8, 4) is 5.75 Å². The van der Waals surface area contributed by atoms with Gasteiger partial charge in [-0.25, -0.2) is 0 Å². The van der Waals surface area contributed by atoms with Crippen molar-refractivity contribution in [2.75, 3.05) is 13.7 Å². The summed E-state index contributed by atoms with van der Waals surface area (Å²) in [6.45, 7) is 1.25. The second-order valence-electron chi connectivity index (χ2n) is 4.49. The van der Waals surface area contributed by atoms with Gasteiger partial charge in [-0.2, -0.15) is 0 Å². The molecule has 4 heteroatoms. The molecule has 1 N–H and O–H groups in total. The SMILES string of the molecule is CNCc1cc(Cl)cc(Cl)c1OCCc1ccccc1. The molecule has 0 saturated carbocycles. The lowest BCUT2D eigenvalue weighted by Gasteiger charge is -2.13. The zero-order valence-corrected chi connectivity index (χ0v) is 12.8. The Morgan fingerprint density at radius 1 is 1.10 bits per heavy atom. The van der Waals surface area contributed by atoms with E-state index in [0.717, 1.165) is 12.0 Å². The highest BCUT2D eigenvalue weighted by Crippen LogP contribution is 2.32. The lowest BCUT2D eigenvalue weighted by Crippen LogP contribution is -2.09. The van der Waals surface area contributed by atoms with E-state index in [0.29, 0.717) is 28.9 Å². The van der Waals surface area contributed by atoms with Gasteiger partial charge in [-0.3, -0.25) is 0 Å². The molecule has 0 saturated heterocycles. The molecule has 0 fully saturated rings. The van der Waals surface area contributed by atoms with Gasteiger partial charge in [-0.05, 0) is 24.7 Å². The second kappa shape index (κ2) is 7.53. The Kier molecular flexibility index (Phi) is 5.72. The Hall–Kier alpha value is -1.22. The number of rotatable bonds is 6. The van der Waals surface area contributed by atoms with Crippen LogP contribution in [0.1, 0.15) is 11.1 Å². The molecule has 0 amide bonds. The number of hydrogen-bond donors (Lipinski definition) is 1. The predicted molar refractivity (Wildman–Crippen MR) is 84.9 cm³/mol. The van der Waals surface area contributed by atoms with E-state index >= 15 is 0 Å². The monoisotopic (exact) mass is 309 g/mol. The van der Waals surface area contributed by atoms with Gasteiger partial charge < -0.3 is 10.1 Å². The van der Waals surface area contributed by atoms with Crippen LogP contribution in [0.15, 0.2) is 42.5 Å². The molecular formula is C16H17Cl2NO. The van der Waals surface area contributed by atoms with Crippen molar-refractivity contribution in [2.45, 2.75) is 13.0 Å². The zero-order valence-electron chi connectivity index (χ0n) is 11.3. The second-order valence-corrected chi connectivity index (χ2v) is 5.33. The minimum atomic E-state index is 0.552. The summed E-state index contributed by atoms with van der Waals surface area (Å²) in [5, 5.41) is 4.26. The average molecular weight is 310 g/mol. The number of nitrogens with one attached hydrogen (secondary N) is 1. The van der Waals surface area contributed by atoms with Gasteiger partial charge >= 0.3 is 0 Å². The maximum absolute atomic E-state index is 6.21. The molecule has 106 valence electrons. The van der Waals surface area contributed by atoms with Crippen molar-refractivity contribution in [2.24, 2.45) is 0 Å². The summed E-state index contributed by atoms with van der Waals surface area (Å²) < 4.78 is 5.85. The van der Waals surface area contributed by atoms with E-state index in [4.69, 9.17) is 27.9 Å². The molecule has 2 rings (SSSR count). The molecular weight excluding hydrogens is 293 g/mol. The molecule has 0 spiro atoms. The largest absolute Gasteiger partial charge is 0.491 e. The van der Waals surface area contributed by atoms with Crippen LogP contribution in [0.5, 0.6) is 5.75 Å². The Balaban J connectivity index is 2.05. The third kappa shape index (κ3) is 4.14. The van der Waals surface area contributed by atoms with Crippen LogP contribution in [0.2, 0.25) is 10.0 Å². The fraction of sp³-hybridized carbons (Fsp3) is 0.250. The van der Waals surface area contributed by atoms with E-state index in [1.54, 1.807) is 6.07 Å². The van der Waals surface area contributed by atoms with Crippen LogP contribution in [-0.4, -0.2) is 13.7 Å². The van der Waals surface area contributed by atoms with Crippen LogP contribution in [-0.2, 0) is 13.0 Å². The van der Waals surface area contributed by atoms with Gasteiger partial charge in [0.1, 0.15) is 5.75 Å². The molecule has 0 bridgehead atoms. The molecule has 0 heterocycles. The van der Waals surface area contributed by atoms with Crippen LogP contribution < -0.4 is 10.1 Å². The highest BCUT2D eigenvalue weighted by atomic mass is 35.5. The van der Waals surface area contributed by atoms with Gasteiger partial charge in [0, 0.05) is 23.6 Å². The molecule has 0 radical (unpaired) electrons. The maximum Gasteiger partial charge on any atom is 0.142 e. The van der Waals surface area contributed by atoms with E-state index < -0.39 is 0 Å². The zero-order chi connectivity index (χ0) is 14.4. The first-order chi connectivity index (χ1) is 9.70. The summed E-state index contributed by atoms with van der Waals surface area (Å²) >= 11 is 12.2. The molecule has 0 aliphatic carbocycles. The fourth-order valence-corrected chi connectivity index (χ4v) is 2.60. The quantitative estimate of drug-likeness (QED) is 0.857. The van der Waals surface area contributed by atoms with Crippen LogP contribution >= 0.6 is 23.2 Å². The normalized spacial score (nSPS) is 10.6. The Labute approximate surface area is 129 Å². The molecule has 0 aliphatic heterocycles. The third-order valence-corrected chi connectivity index (χ3v) is 3.43. The van der Waals surface area contributed by atoms with Gasteiger partial charge in [0.05, 0.1) is 11.6 Å². The summed E-state index contributed by atoms with van der Waals surface area (Å²) in [6.07, 6.45) is 0.846. The third-order valence-electron chi connectivity index (χ3n) is 2.93. The van der Waals surface area contributed by atoms with Gasteiger partial charge in [0.25, 0.3) is 0 Å². The first kappa shape index (κ1) is 15.2. The van der Waals surface area contributed by atoms with Crippen LogP contribution in [0.25, 0.3) is 0 Å². The standard InChI is InChI=1S/C16H17Cl2NO/c1-19-11-13-9-14(17)10-15(18)16(13)20-8-7-12-5-3-2-4-6-12/h2-6,9-10,19H,7-8,11H2,1H3. The molecule has 0 atom stereocenters. The number of benzene rings is 2. The Morgan fingerprint density at radius 3 is 2.55 bits per heavy atom. The van der Waals surface area contributed by atoms with Crippen molar-refractivity contribution in [1.29, 1.82) is 0 Å². The van der Waals surface area contributed by atoms with Crippen molar-refractivity contribution in [1.82, 2.24) is 5.32 Å². The van der Waals surface area contributed by atoms with E-state index in [1.807, 2.05) is 31.3 Å². The first-order valence-electron chi connectivity index (χ1n) is 6.50. The fourth-order valence-electron chi connectivity index (χ4n) is 2.01. The molecule has 20 heavy (non-hydrogen) atoms. The van der Waals surface area contributed by atoms with Crippen LogP contribution in [0, 0.1) is 0 Å². The maximum atomic E-state index is 6.21. The molecule has 2 aromatic carbocycles. The van der Waals surface area contributed by atoms with Gasteiger partial charge in [0.2, 0.25) is 0 Å². The molecule has 0 aliphatic rings. The smallest absolute Gasteiger partial charge is 0.142 e. The van der Waals surface area contributed by atoms with E-state index in [-0.39, 0.29) is 0 Å². The van der Waals surface area contributed by atoms with E-state index in [9.17, 15) is 0 Å². The summed E-state index contributed by atoms with van der Waals surface area (Å²) in [7, 11) is 1.88.